The molecule has 0 spiro atoms. The molecule has 0 radical (unpaired) electrons. The van der Waals surface area contributed by atoms with E-state index in [2.05, 4.69) is 37.4 Å². The van der Waals surface area contributed by atoms with E-state index in [-0.39, 0.29) is 5.54 Å². The summed E-state index contributed by atoms with van der Waals surface area (Å²) in [5.74, 6) is 0.976. The van der Waals surface area contributed by atoms with Crippen LogP contribution in [0, 0.1) is 0 Å². The Morgan fingerprint density at radius 3 is 2.69 bits per heavy atom. The summed E-state index contributed by atoms with van der Waals surface area (Å²) in [6, 6.07) is 6.26. The van der Waals surface area contributed by atoms with Crippen molar-refractivity contribution >= 4 is 5.57 Å². The zero-order valence-corrected chi connectivity index (χ0v) is 10.4. The molecule has 2 rings (SSSR count). The van der Waals surface area contributed by atoms with Gasteiger partial charge in [0, 0.05) is 11.1 Å². The maximum absolute atomic E-state index is 5.46. The standard InChI is InChI=1S/C14H19NO/c1-14(2,15-3)11-9-8-10-6-5-7-12(16-4)13(10)11/h5-7,9,15H,8H2,1-4H3. The lowest BCUT2D eigenvalue weighted by molar-refractivity contribution is 0.411. The molecule has 0 atom stereocenters. The number of fused-ring (bicyclic) bond motifs is 1. The van der Waals surface area contributed by atoms with E-state index < -0.39 is 0 Å². The van der Waals surface area contributed by atoms with Gasteiger partial charge in [-0.15, -0.1) is 0 Å². The van der Waals surface area contributed by atoms with Gasteiger partial charge in [-0.1, -0.05) is 18.2 Å². The molecule has 0 heterocycles. The van der Waals surface area contributed by atoms with Crippen molar-refractivity contribution in [2.24, 2.45) is 0 Å². The molecule has 1 aliphatic rings. The maximum atomic E-state index is 5.46. The minimum absolute atomic E-state index is 0.0140. The van der Waals surface area contributed by atoms with Gasteiger partial charge in [-0.2, -0.15) is 0 Å². The number of ether oxygens (including phenoxy) is 1. The second kappa shape index (κ2) is 3.95. The second-order valence-corrected chi connectivity index (χ2v) is 4.69. The predicted octanol–water partition coefficient (Wildman–Crippen LogP) is 2.63. The summed E-state index contributed by atoms with van der Waals surface area (Å²) in [6.45, 7) is 4.39. The summed E-state index contributed by atoms with van der Waals surface area (Å²) < 4.78 is 5.46. The monoisotopic (exact) mass is 217 g/mol. The average Bonchev–Trinajstić information content (AvgIpc) is 2.73. The number of allylic oxidation sites excluding steroid dienone is 1. The van der Waals surface area contributed by atoms with Gasteiger partial charge in [0.2, 0.25) is 0 Å². The van der Waals surface area contributed by atoms with Crippen LogP contribution in [0.4, 0.5) is 0 Å². The van der Waals surface area contributed by atoms with Crippen molar-refractivity contribution in [1.29, 1.82) is 0 Å². The number of hydrogen-bond donors (Lipinski definition) is 1. The third-order valence-electron chi connectivity index (χ3n) is 3.43. The summed E-state index contributed by atoms with van der Waals surface area (Å²) in [7, 11) is 3.73. The molecule has 0 saturated carbocycles. The van der Waals surface area contributed by atoms with Crippen LogP contribution in [-0.2, 0) is 6.42 Å². The number of nitrogens with one attached hydrogen (secondary N) is 1. The minimum Gasteiger partial charge on any atom is -0.496 e. The van der Waals surface area contributed by atoms with E-state index in [1.165, 1.54) is 16.7 Å². The Kier molecular flexibility index (Phi) is 2.76. The highest BCUT2D eigenvalue weighted by Gasteiger charge is 2.29. The van der Waals surface area contributed by atoms with Crippen LogP contribution in [0.3, 0.4) is 0 Å². The smallest absolute Gasteiger partial charge is 0.126 e. The lowest BCUT2D eigenvalue weighted by Gasteiger charge is -2.27. The van der Waals surface area contributed by atoms with E-state index >= 15 is 0 Å². The molecule has 1 N–H and O–H groups in total. The van der Waals surface area contributed by atoms with Gasteiger partial charge in [0.25, 0.3) is 0 Å². The molecule has 0 saturated heterocycles. The van der Waals surface area contributed by atoms with Gasteiger partial charge in [0.05, 0.1) is 7.11 Å². The van der Waals surface area contributed by atoms with Gasteiger partial charge in [0.1, 0.15) is 5.75 Å². The van der Waals surface area contributed by atoms with Crippen LogP contribution in [0.2, 0.25) is 0 Å². The number of hydrogen-bond acceptors (Lipinski definition) is 2. The molecule has 1 aromatic rings. The van der Waals surface area contributed by atoms with Gasteiger partial charge in [0.15, 0.2) is 0 Å². The lowest BCUT2D eigenvalue weighted by atomic mass is 9.89. The number of likely N-dealkylation sites (N-methyl/N-ethyl adjacent to an activating group) is 1. The highest BCUT2D eigenvalue weighted by Crippen LogP contribution is 2.40. The average molecular weight is 217 g/mol. The van der Waals surface area contributed by atoms with Crippen LogP contribution in [0.15, 0.2) is 24.3 Å². The molecule has 0 bridgehead atoms. The SMILES string of the molecule is CNC(C)(C)C1=CCc2cccc(OC)c21. The third kappa shape index (κ3) is 1.63. The molecule has 86 valence electrons. The minimum atomic E-state index is -0.0140. The van der Waals surface area contributed by atoms with E-state index in [0.717, 1.165) is 12.2 Å². The third-order valence-corrected chi connectivity index (χ3v) is 3.43. The van der Waals surface area contributed by atoms with Crippen molar-refractivity contribution in [2.45, 2.75) is 25.8 Å². The summed E-state index contributed by atoms with van der Waals surface area (Å²) in [5, 5.41) is 3.35. The van der Waals surface area contributed by atoms with E-state index in [0.29, 0.717) is 0 Å². The summed E-state index contributed by atoms with van der Waals surface area (Å²) in [4.78, 5) is 0. The van der Waals surface area contributed by atoms with E-state index in [1.54, 1.807) is 7.11 Å². The molecule has 0 aliphatic heterocycles. The molecule has 1 aromatic carbocycles. The first-order chi connectivity index (χ1) is 7.60. The summed E-state index contributed by atoms with van der Waals surface area (Å²) in [5.41, 5.74) is 3.95. The Labute approximate surface area is 97.3 Å². The quantitative estimate of drug-likeness (QED) is 0.840. The Bertz CT molecular complexity index is 432. The Morgan fingerprint density at radius 1 is 1.31 bits per heavy atom. The highest BCUT2D eigenvalue weighted by molar-refractivity contribution is 5.82. The fraction of sp³-hybridized carbons (Fsp3) is 0.429. The predicted molar refractivity (Wildman–Crippen MR) is 67.8 cm³/mol. The molecule has 1 aliphatic carbocycles. The van der Waals surface area contributed by atoms with Gasteiger partial charge >= 0.3 is 0 Å². The number of rotatable bonds is 3. The van der Waals surface area contributed by atoms with Crippen LogP contribution < -0.4 is 10.1 Å². The first-order valence-corrected chi connectivity index (χ1v) is 5.66. The maximum Gasteiger partial charge on any atom is 0.126 e. The van der Waals surface area contributed by atoms with Crippen LogP contribution in [0.25, 0.3) is 5.57 Å². The van der Waals surface area contributed by atoms with Crippen LogP contribution >= 0.6 is 0 Å². The molecule has 0 unspecified atom stereocenters. The number of benzene rings is 1. The topological polar surface area (TPSA) is 21.3 Å². The van der Waals surface area contributed by atoms with E-state index in [1.807, 2.05) is 13.1 Å². The molecule has 2 heteroatoms. The molecular formula is C14H19NO. The van der Waals surface area contributed by atoms with Crippen LogP contribution in [-0.4, -0.2) is 19.7 Å². The van der Waals surface area contributed by atoms with Crippen molar-refractivity contribution in [3.8, 4) is 5.75 Å². The van der Waals surface area contributed by atoms with Gasteiger partial charge < -0.3 is 10.1 Å². The van der Waals surface area contributed by atoms with Gasteiger partial charge in [-0.05, 0) is 44.5 Å². The lowest BCUT2D eigenvalue weighted by Crippen LogP contribution is -2.37. The molecule has 0 aromatic heterocycles. The molecule has 0 amide bonds. The van der Waals surface area contributed by atoms with Crippen molar-refractivity contribution in [3.63, 3.8) is 0 Å². The number of methoxy groups -OCH3 is 1. The molecule has 2 nitrogen and oxygen atoms in total. The second-order valence-electron chi connectivity index (χ2n) is 4.69. The van der Waals surface area contributed by atoms with E-state index in [4.69, 9.17) is 4.74 Å². The van der Waals surface area contributed by atoms with E-state index in [9.17, 15) is 0 Å². The normalized spacial score (nSPS) is 14.6. The van der Waals surface area contributed by atoms with Crippen molar-refractivity contribution in [1.82, 2.24) is 5.32 Å². The zero-order chi connectivity index (χ0) is 11.8. The van der Waals surface area contributed by atoms with Crippen molar-refractivity contribution < 1.29 is 4.74 Å². The van der Waals surface area contributed by atoms with Crippen LogP contribution in [0.1, 0.15) is 25.0 Å². The Morgan fingerprint density at radius 2 is 2.06 bits per heavy atom. The molecule has 0 fully saturated rings. The Balaban J connectivity index is 2.52. The fourth-order valence-electron chi connectivity index (χ4n) is 2.24. The van der Waals surface area contributed by atoms with Crippen LogP contribution in [0.5, 0.6) is 5.75 Å². The van der Waals surface area contributed by atoms with Gasteiger partial charge in [-0.25, -0.2) is 0 Å². The largest absolute Gasteiger partial charge is 0.496 e. The van der Waals surface area contributed by atoms with Crippen molar-refractivity contribution in [2.75, 3.05) is 14.2 Å². The van der Waals surface area contributed by atoms with Gasteiger partial charge in [-0.3, -0.25) is 0 Å². The summed E-state index contributed by atoms with van der Waals surface area (Å²) >= 11 is 0. The Hall–Kier alpha value is -1.28. The van der Waals surface area contributed by atoms with Crippen molar-refractivity contribution in [3.05, 3.63) is 35.4 Å². The molecular weight excluding hydrogens is 198 g/mol. The highest BCUT2D eigenvalue weighted by atomic mass is 16.5. The first-order valence-electron chi connectivity index (χ1n) is 5.66. The molecule has 16 heavy (non-hydrogen) atoms. The first kappa shape index (κ1) is 11.2. The summed E-state index contributed by atoms with van der Waals surface area (Å²) in [6.07, 6.45) is 3.30. The zero-order valence-electron chi connectivity index (χ0n) is 10.4. The fourth-order valence-corrected chi connectivity index (χ4v) is 2.24.